The van der Waals surface area contributed by atoms with Gasteiger partial charge in [-0.05, 0) is 39.0 Å². The van der Waals surface area contributed by atoms with Crippen LogP contribution in [0.4, 0.5) is 0 Å². The molecule has 0 bridgehead atoms. The minimum Gasteiger partial charge on any atom is -0.340 e. The van der Waals surface area contributed by atoms with Gasteiger partial charge in [0.2, 0.25) is 5.91 Å². The van der Waals surface area contributed by atoms with Crippen molar-refractivity contribution >= 4 is 5.91 Å². The third-order valence-corrected chi connectivity index (χ3v) is 5.10. The lowest BCUT2D eigenvalue weighted by molar-refractivity contribution is -0.137. The maximum absolute atomic E-state index is 11.9. The van der Waals surface area contributed by atoms with Gasteiger partial charge in [0.15, 0.2) is 0 Å². The van der Waals surface area contributed by atoms with E-state index in [1.165, 1.54) is 0 Å². The zero-order valence-corrected chi connectivity index (χ0v) is 13.7. The van der Waals surface area contributed by atoms with Crippen molar-refractivity contribution in [1.29, 1.82) is 0 Å². The van der Waals surface area contributed by atoms with E-state index in [1.54, 1.807) is 0 Å². The maximum Gasteiger partial charge on any atom is 0.222 e. The van der Waals surface area contributed by atoms with Gasteiger partial charge in [-0.15, -0.1) is 10.2 Å². The predicted octanol–water partition coefficient (Wildman–Crippen LogP) is 1.56. The summed E-state index contributed by atoms with van der Waals surface area (Å²) >= 11 is 0. The minimum absolute atomic E-state index is 0.328. The molecule has 2 fully saturated rings. The summed E-state index contributed by atoms with van der Waals surface area (Å²) in [5.41, 5.74) is 0. The Balaban J connectivity index is 1.47. The number of amides is 1. The first kappa shape index (κ1) is 15.5. The highest BCUT2D eigenvalue weighted by Crippen LogP contribution is 2.25. The Morgan fingerprint density at radius 1 is 1.18 bits per heavy atom. The van der Waals surface area contributed by atoms with Crippen molar-refractivity contribution in [3.63, 3.8) is 0 Å². The van der Waals surface area contributed by atoms with Gasteiger partial charge in [0.25, 0.3) is 0 Å². The molecule has 0 aromatic carbocycles. The van der Waals surface area contributed by atoms with Crippen LogP contribution in [-0.4, -0.2) is 62.7 Å². The van der Waals surface area contributed by atoms with Crippen LogP contribution in [0.2, 0.25) is 0 Å². The topological polar surface area (TPSA) is 54.3 Å². The van der Waals surface area contributed by atoms with Crippen molar-refractivity contribution in [1.82, 2.24) is 24.6 Å². The largest absolute Gasteiger partial charge is 0.340 e. The molecule has 3 rings (SSSR count). The van der Waals surface area contributed by atoms with Crippen molar-refractivity contribution in [2.75, 3.05) is 26.2 Å². The summed E-state index contributed by atoms with van der Waals surface area (Å²) in [5.74, 6) is 0.962. The van der Waals surface area contributed by atoms with Crippen LogP contribution >= 0.6 is 0 Å². The Bertz CT molecular complexity index is 479. The lowest BCUT2D eigenvalue weighted by Gasteiger charge is -2.39. The van der Waals surface area contributed by atoms with Gasteiger partial charge in [-0.1, -0.05) is 0 Å². The summed E-state index contributed by atoms with van der Waals surface area (Å²) in [6, 6.07) is 0.876. The van der Waals surface area contributed by atoms with Crippen LogP contribution in [0.3, 0.4) is 0 Å². The van der Waals surface area contributed by atoms with E-state index in [9.17, 15) is 4.79 Å². The van der Waals surface area contributed by atoms with E-state index in [0.29, 0.717) is 23.9 Å². The smallest absolute Gasteiger partial charge is 0.222 e. The average Bonchev–Trinajstić information content (AvgIpc) is 3.04. The Morgan fingerprint density at radius 3 is 2.50 bits per heavy atom. The second-order valence-electron chi connectivity index (χ2n) is 6.99. The van der Waals surface area contributed by atoms with E-state index >= 15 is 0 Å². The first-order valence-electron chi connectivity index (χ1n) is 8.49. The summed E-state index contributed by atoms with van der Waals surface area (Å²) in [4.78, 5) is 16.6. The molecular formula is C16H27N5O. The Labute approximate surface area is 132 Å². The monoisotopic (exact) mass is 305 g/mol. The quantitative estimate of drug-likeness (QED) is 0.847. The van der Waals surface area contributed by atoms with Crippen LogP contribution in [-0.2, 0) is 4.79 Å². The SMILES string of the molecule is CC(C)N1CC(CN2CCC(n3cnnc3)CC2)CCC1=O. The number of piperidine rings is 2. The van der Waals surface area contributed by atoms with Gasteiger partial charge >= 0.3 is 0 Å². The third-order valence-electron chi connectivity index (χ3n) is 5.10. The highest BCUT2D eigenvalue weighted by molar-refractivity contribution is 5.77. The summed E-state index contributed by atoms with van der Waals surface area (Å²) < 4.78 is 2.14. The van der Waals surface area contributed by atoms with Gasteiger partial charge < -0.3 is 14.4 Å². The van der Waals surface area contributed by atoms with Crippen LogP contribution in [0.1, 0.15) is 45.6 Å². The van der Waals surface area contributed by atoms with Crippen LogP contribution in [0.25, 0.3) is 0 Å². The van der Waals surface area contributed by atoms with Gasteiger partial charge in [-0.3, -0.25) is 4.79 Å². The molecule has 6 nitrogen and oxygen atoms in total. The molecule has 1 aromatic heterocycles. The lowest BCUT2D eigenvalue weighted by atomic mass is 9.94. The molecule has 122 valence electrons. The van der Waals surface area contributed by atoms with E-state index < -0.39 is 0 Å². The van der Waals surface area contributed by atoms with E-state index in [0.717, 1.165) is 51.9 Å². The first-order valence-corrected chi connectivity index (χ1v) is 8.49. The predicted molar refractivity (Wildman–Crippen MR) is 84.3 cm³/mol. The van der Waals surface area contributed by atoms with E-state index in [4.69, 9.17) is 0 Å². The van der Waals surface area contributed by atoms with Crippen molar-refractivity contribution in [3.05, 3.63) is 12.7 Å². The van der Waals surface area contributed by atoms with Gasteiger partial charge in [0.05, 0.1) is 0 Å². The Kier molecular flexibility index (Phi) is 4.76. The summed E-state index contributed by atoms with van der Waals surface area (Å²) in [6.07, 6.45) is 7.75. The highest BCUT2D eigenvalue weighted by atomic mass is 16.2. The van der Waals surface area contributed by atoms with E-state index in [2.05, 4.69) is 38.4 Å². The fraction of sp³-hybridized carbons (Fsp3) is 0.812. The molecule has 1 aromatic rings. The highest BCUT2D eigenvalue weighted by Gasteiger charge is 2.29. The van der Waals surface area contributed by atoms with E-state index in [-0.39, 0.29) is 0 Å². The van der Waals surface area contributed by atoms with Crippen molar-refractivity contribution in [3.8, 4) is 0 Å². The van der Waals surface area contributed by atoms with Crippen LogP contribution in [0.15, 0.2) is 12.7 Å². The number of hydrogen-bond acceptors (Lipinski definition) is 4. The van der Waals surface area contributed by atoms with E-state index in [1.807, 2.05) is 12.7 Å². The summed E-state index contributed by atoms with van der Waals surface area (Å²) in [7, 11) is 0. The molecule has 1 amide bonds. The number of carbonyl (C=O) groups is 1. The summed E-state index contributed by atoms with van der Waals surface area (Å²) in [5, 5.41) is 7.81. The first-order chi connectivity index (χ1) is 10.6. The number of rotatable bonds is 4. The van der Waals surface area contributed by atoms with Crippen LogP contribution < -0.4 is 0 Å². The van der Waals surface area contributed by atoms with Crippen LogP contribution in [0, 0.1) is 5.92 Å². The molecule has 22 heavy (non-hydrogen) atoms. The number of hydrogen-bond donors (Lipinski definition) is 0. The number of aromatic nitrogens is 3. The molecule has 1 unspecified atom stereocenters. The number of likely N-dealkylation sites (tertiary alicyclic amines) is 2. The lowest BCUT2D eigenvalue weighted by Crippen LogP contribution is -2.48. The molecule has 0 spiro atoms. The molecule has 6 heteroatoms. The van der Waals surface area contributed by atoms with Gasteiger partial charge in [0, 0.05) is 44.7 Å². The molecule has 0 saturated carbocycles. The van der Waals surface area contributed by atoms with Crippen LogP contribution in [0.5, 0.6) is 0 Å². The molecule has 0 aliphatic carbocycles. The van der Waals surface area contributed by atoms with Gasteiger partial charge in [-0.25, -0.2) is 0 Å². The normalized spacial score (nSPS) is 25.1. The second-order valence-corrected chi connectivity index (χ2v) is 6.99. The molecule has 1 atom stereocenters. The molecule has 2 aliphatic rings. The number of carbonyl (C=O) groups excluding carboxylic acids is 1. The molecule has 2 saturated heterocycles. The molecule has 0 N–H and O–H groups in total. The average molecular weight is 305 g/mol. The molecule has 0 radical (unpaired) electrons. The van der Waals surface area contributed by atoms with Crippen molar-refractivity contribution in [2.45, 2.75) is 51.6 Å². The van der Waals surface area contributed by atoms with Gasteiger partial charge in [0.1, 0.15) is 12.7 Å². The van der Waals surface area contributed by atoms with Crippen molar-refractivity contribution < 1.29 is 4.79 Å². The minimum atomic E-state index is 0.328. The standard InChI is InChI=1S/C16H27N5O/c1-13(2)21-10-14(3-4-16(21)22)9-19-7-5-15(6-8-19)20-11-17-18-12-20/h11-15H,3-10H2,1-2H3. The Morgan fingerprint density at radius 2 is 1.86 bits per heavy atom. The Hall–Kier alpha value is -1.43. The second kappa shape index (κ2) is 6.77. The fourth-order valence-electron chi connectivity index (χ4n) is 3.75. The molecular weight excluding hydrogens is 278 g/mol. The molecule has 3 heterocycles. The zero-order valence-electron chi connectivity index (χ0n) is 13.7. The van der Waals surface area contributed by atoms with Crippen molar-refractivity contribution in [2.24, 2.45) is 5.92 Å². The maximum atomic E-state index is 11.9. The zero-order chi connectivity index (χ0) is 15.5. The summed E-state index contributed by atoms with van der Waals surface area (Å²) in [6.45, 7) is 8.56. The third kappa shape index (κ3) is 3.48. The fourth-order valence-corrected chi connectivity index (χ4v) is 3.75. The number of nitrogens with zero attached hydrogens (tertiary/aromatic N) is 5. The molecule has 2 aliphatic heterocycles. The van der Waals surface area contributed by atoms with Gasteiger partial charge in [-0.2, -0.15) is 0 Å².